The number of rotatable bonds is 6. The van der Waals surface area contributed by atoms with Gasteiger partial charge in [0.25, 0.3) is 0 Å². The van der Waals surface area contributed by atoms with Gasteiger partial charge in [0.05, 0.1) is 6.26 Å². The lowest BCUT2D eigenvalue weighted by atomic mass is 10.5. The summed E-state index contributed by atoms with van der Waals surface area (Å²) in [5, 5.41) is 2.92. The number of hydrogen-bond acceptors (Lipinski definition) is 3. The highest BCUT2D eigenvalue weighted by atomic mass is 32.2. The lowest BCUT2D eigenvalue weighted by Gasteiger charge is -2.18. The van der Waals surface area contributed by atoms with Crippen molar-refractivity contribution in [3.8, 4) is 0 Å². The molecule has 0 aliphatic heterocycles. The normalized spacial score (nSPS) is 12.3. The van der Waals surface area contributed by atoms with E-state index in [1.165, 1.54) is 10.6 Å². The zero-order valence-electron chi connectivity index (χ0n) is 8.00. The van der Waals surface area contributed by atoms with Crippen molar-refractivity contribution in [3.63, 3.8) is 0 Å². The van der Waals surface area contributed by atoms with Crippen molar-refractivity contribution in [2.45, 2.75) is 13.3 Å². The van der Waals surface area contributed by atoms with E-state index in [2.05, 4.69) is 5.32 Å². The van der Waals surface area contributed by atoms with Crippen molar-refractivity contribution in [1.29, 1.82) is 0 Å². The second-order valence-corrected chi connectivity index (χ2v) is 4.75. The van der Waals surface area contributed by atoms with Gasteiger partial charge in [-0.15, -0.1) is 0 Å². The van der Waals surface area contributed by atoms with Crippen molar-refractivity contribution in [1.82, 2.24) is 9.62 Å². The Hall–Kier alpha value is -0.130. The Bertz CT molecular complexity index is 201. The molecular formula is C7H18N2O2S. The molecule has 0 unspecified atom stereocenters. The monoisotopic (exact) mass is 194 g/mol. The Labute approximate surface area is 75.0 Å². The first kappa shape index (κ1) is 11.9. The third-order valence-corrected chi connectivity index (χ3v) is 2.86. The van der Waals surface area contributed by atoms with Crippen LogP contribution in [0.15, 0.2) is 0 Å². The minimum atomic E-state index is -3.01. The van der Waals surface area contributed by atoms with Gasteiger partial charge in [-0.05, 0) is 13.5 Å². The number of hydrogen-bond donors (Lipinski definition) is 1. The van der Waals surface area contributed by atoms with Crippen molar-refractivity contribution >= 4 is 10.0 Å². The Balaban J connectivity index is 4.05. The molecule has 0 aromatic heterocycles. The molecule has 0 spiro atoms. The van der Waals surface area contributed by atoms with Crippen LogP contribution in [0.4, 0.5) is 0 Å². The van der Waals surface area contributed by atoms with Gasteiger partial charge in [-0.1, -0.05) is 6.92 Å². The Kier molecular flexibility index (Phi) is 5.44. The Morgan fingerprint density at radius 1 is 1.33 bits per heavy atom. The molecule has 0 saturated heterocycles. The predicted molar refractivity (Wildman–Crippen MR) is 50.6 cm³/mol. The van der Waals surface area contributed by atoms with Crippen LogP contribution in [0.2, 0.25) is 0 Å². The van der Waals surface area contributed by atoms with E-state index in [1.54, 1.807) is 0 Å². The molecule has 0 aliphatic rings. The van der Waals surface area contributed by atoms with Crippen molar-refractivity contribution in [2.24, 2.45) is 0 Å². The van der Waals surface area contributed by atoms with Crippen molar-refractivity contribution < 1.29 is 8.42 Å². The summed E-state index contributed by atoms with van der Waals surface area (Å²) in [6, 6.07) is 0. The van der Waals surface area contributed by atoms with Crippen LogP contribution >= 0.6 is 0 Å². The smallest absolute Gasteiger partial charge is 0.211 e. The number of sulfonamides is 1. The molecule has 0 fully saturated rings. The number of nitrogens with one attached hydrogen (secondary N) is 1. The lowest BCUT2D eigenvalue weighted by molar-refractivity contribution is 0.412. The van der Waals surface area contributed by atoms with Crippen LogP contribution in [0.1, 0.15) is 13.3 Å². The summed E-state index contributed by atoms with van der Waals surface area (Å²) in [7, 11) is -1.19. The van der Waals surface area contributed by atoms with E-state index < -0.39 is 10.0 Å². The summed E-state index contributed by atoms with van der Waals surface area (Å²) < 4.78 is 23.7. The molecule has 0 saturated carbocycles. The summed E-state index contributed by atoms with van der Waals surface area (Å²) in [6.45, 7) is 3.84. The van der Waals surface area contributed by atoms with Gasteiger partial charge in [0.2, 0.25) is 10.0 Å². The molecule has 0 bridgehead atoms. The first-order valence-electron chi connectivity index (χ1n) is 4.12. The summed E-state index contributed by atoms with van der Waals surface area (Å²) in [5.41, 5.74) is 0. The first-order valence-corrected chi connectivity index (χ1v) is 5.97. The van der Waals surface area contributed by atoms with E-state index in [1.807, 2.05) is 14.0 Å². The topological polar surface area (TPSA) is 49.4 Å². The molecule has 0 radical (unpaired) electrons. The molecular weight excluding hydrogens is 176 g/mol. The van der Waals surface area contributed by atoms with E-state index in [9.17, 15) is 8.42 Å². The van der Waals surface area contributed by atoms with Gasteiger partial charge in [0.1, 0.15) is 0 Å². The summed E-state index contributed by atoms with van der Waals surface area (Å²) in [6.07, 6.45) is 2.11. The fraction of sp³-hybridized carbons (Fsp3) is 1.00. The quantitative estimate of drug-likeness (QED) is 0.641. The van der Waals surface area contributed by atoms with Crippen LogP contribution in [0.5, 0.6) is 0 Å². The minimum absolute atomic E-state index is 0.559. The van der Waals surface area contributed by atoms with E-state index in [-0.39, 0.29) is 0 Å². The molecule has 0 amide bonds. The van der Waals surface area contributed by atoms with E-state index in [0.29, 0.717) is 19.6 Å². The summed E-state index contributed by atoms with van der Waals surface area (Å²) in [4.78, 5) is 0. The lowest BCUT2D eigenvalue weighted by Crippen LogP contribution is -2.35. The van der Waals surface area contributed by atoms with Crippen LogP contribution < -0.4 is 5.32 Å². The third kappa shape index (κ3) is 4.69. The molecule has 5 heteroatoms. The van der Waals surface area contributed by atoms with Gasteiger partial charge >= 0.3 is 0 Å². The van der Waals surface area contributed by atoms with E-state index in [4.69, 9.17) is 0 Å². The van der Waals surface area contributed by atoms with Gasteiger partial charge in [0.15, 0.2) is 0 Å². The zero-order chi connectivity index (χ0) is 9.61. The Morgan fingerprint density at radius 2 is 1.92 bits per heavy atom. The summed E-state index contributed by atoms with van der Waals surface area (Å²) in [5.74, 6) is 0. The average Bonchev–Trinajstić information content (AvgIpc) is 1.95. The molecule has 0 rings (SSSR count). The fourth-order valence-electron chi connectivity index (χ4n) is 0.929. The zero-order valence-corrected chi connectivity index (χ0v) is 8.82. The highest BCUT2D eigenvalue weighted by molar-refractivity contribution is 7.88. The molecule has 4 nitrogen and oxygen atoms in total. The average molecular weight is 194 g/mol. The minimum Gasteiger partial charge on any atom is -0.318 e. The standard InChI is InChI=1S/C7H18N2O2S/c1-4-6-9(7-5-8-2)12(3,10)11/h8H,4-7H2,1-3H3. The highest BCUT2D eigenvalue weighted by Crippen LogP contribution is 1.97. The summed E-state index contributed by atoms with van der Waals surface area (Å²) >= 11 is 0. The van der Waals surface area contributed by atoms with Crippen molar-refractivity contribution in [3.05, 3.63) is 0 Å². The van der Waals surface area contributed by atoms with Crippen LogP contribution in [0.25, 0.3) is 0 Å². The molecule has 0 atom stereocenters. The number of likely N-dealkylation sites (N-methyl/N-ethyl adjacent to an activating group) is 1. The third-order valence-electron chi connectivity index (χ3n) is 1.55. The van der Waals surface area contributed by atoms with Crippen LogP contribution in [0.3, 0.4) is 0 Å². The van der Waals surface area contributed by atoms with Gasteiger partial charge in [-0.3, -0.25) is 0 Å². The van der Waals surface area contributed by atoms with Crippen LogP contribution in [-0.4, -0.2) is 45.7 Å². The molecule has 0 aromatic rings. The predicted octanol–water partition coefficient (Wildman–Crippen LogP) is -0.123. The molecule has 1 N–H and O–H groups in total. The van der Waals surface area contributed by atoms with Gasteiger partial charge in [-0.25, -0.2) is 12.7 Å². The van der Waals surface area contributed by atoms with Gasteiger partial charge < -0.3 is 5.32 Å². The molecule has 74 valence electrons. The Morgan fingerprint density at radius 3 is 2.25 bits per heavy atom. The highest BCUT2D eigenvalue weighted by Gasteiger charge is 2.13. The second kappa shape index (κ2) is 5.50. The largest absolute Gasteiger partial charge is 0.318 e. The fourth-order valence-corrected chi connectivity index (χ4v) is 1.87. The maximum atomic E-state index is 11.1. The van der Waals surface area contributed by atoms with Gasteiger partial charge in [0, 0.05) is 19.6 Å². The maximum absolute atomic E-state index is 11.1. The molecule has 12 heavy (non-hydrogen) atoms. The second-order valence-electron chi connectivity index (χ2n) is 2.77. The van der Waals surface area contributed by atoms with Crippen LogP contribution in [-0.2, 0) is 10.0 Å². The molecule has 0 aromatic carbocycles. The van der Waals surface area contributed by atoms with Crippen LogP contribution in [0, 0.1) is 0 Å². The maximum Gasteiger partial charge on any atom is 0.211 e. The molecule has 0 aliphatic carbocycles. The SMILES string of the molecule is CCCN(CCNC)S(C)(=O)=O. The molecule has 0 heterocycles. The van der Waals surface area contributed by atoms with Gasteiger partial charge in [-0.2, -0.15) is 0 Å². The van der Waals surface area contributed by atoms with Crippen molar-refractivity contribution in [2.75, 3.05) is 32.9 Å². The number of nitrogens with zero attached hydrogens (tertiary/aromatic N) is 1. The first-order chi connectivity index (χ1) is 5.52. The van der Waals surface area contributed by atoms with E-state index >= 15 is 0 Å². The van der Waals surface area contributed by atoms with E-state index in [0.717, 1.165) is 6.42 Å².